The molecule has 1 atom stereocenters. The first-order valence-electron chi connectivity index (χ1n) is 7.15. The molecule has 0 unspecified atom stereocenters. The van der Waals surface area contributed by atoms with Crippen LogP contribution in [0.1, 0.15) is 24.5 Å². The highest BCUT2D eigenvalue weighted by molar-refractivity contribution is 9.25. The van der Waals surface area contributed by atoms with Crippen LogP contribution in [0.5, 0.6) is 0 Å². The molecule has 0 aliphatic heterocycles. The summed E-state index contributed by atoms with van der Waals surface area (Å²) in [5, 5.41) is 11.1. The van der Waals surface area contributed by atoms with Gasteiger partial charge in [0, 0.05) is 11.1 Å². The molecule has 3 rings (SSSR count). The van der Waals surface area contributed by atoms with E-state index in [9.17, 15) is 4.79 Å². The van der Waals surface area contributed by atoms with Crippen molar-refractivity contribution in [2.45, 2.75) is 23.5 Å². The molecule has 7 heteroatoms. The fourth-order valence-corrected chi connectivity index (χ4v) is 3.76. The Labute approximate surface area is 151 Å². The van der Waals surface area contributed by atoms with Crippen LogP contribution in [0.4, 0.5) is 0 Å². The number of alkyl halides is 2. The summed E-state index contributed by atoms with van der Waals surface area (Å²) in [5.41, 5.74) is 6.02. The van der Waals surface area contributed by atoms with Gasteiger partial charge in [-0.25, -0.2) is 5.43 Å². The lowest BCUT2D eigenvalue weighted by molar-refractivity contribution is -0.125. The molecule has 1 aliphatic carbocycles. The third kappa shape index (κ3) is 3.12. The molecule has 1 aromatic carbocycles. The zero-order valence-corrected chi connectivity index (χ0v) is 15.9. The Balaban J connectivity index is 1.71. The molecule has 2 aromatic rings. The van der Waals surface area contributed by atoms with Crippen LogP contribution in [0.15, 0.2) is 35.6 Å². The molecule has 120 valence electrons. The van der Waals surface area contributed by atoms with E-state index in [2.05, 4.69) is 52.6 Å². The zero-order valence-electron chi connectivity index (χ0n) is 12.7. The minimum atomic E-state index is -0.486. The molecular formula is C16H16Br2N4O. The van der Waals surface area contributed by atoms with E-state index in [1.54, 1.807) is 12.4 Å². The molecule has 1 saturated carbocycles. The highest BCUT2D eigenvalue weighted by Crippen LogP contribution is 2.66. The van der Waals surface area contributed by atoms with Crippen molar-refractivity contribution in [3.05, 3.63) is 41.6 Å². The topological polar surface area (TPSA) is 70.1 Å². The van der Waals surface area contributed by atoms with E-state index in [0.717, 1.165) is 23.2 Å². The number of carbonyl (C=O) groups is 1. The number of nitrogens with zero attached hydrogens (tertiary/aromatic N) is 2. The number of hydrogen-bond donors (Lipinski definition) is 2. The van der Waals surface area contributed by atoms with Gasteiger partial charge in [-0.2, -0.15) is 10.2 Å². The number of H-pyrrole nitrogens is 1. The van der Waals surface area contributed by atoms with Crippen molar-refractivity contribution >= 4 is 44.0 Å². The maximum atomic E-state index is 12.2. The van der Waals surface area contributed by atoms with Gasteiger partial charge in [0.15, 0.2) is 0 Å². The monoisotopic (exact) mass is 438 g/mol. The van der Waals surface area contributed by atoms with Gasteiger partial charge in [0.1, 0.15) is 0 Å². The van der Waals surface area contributed by atoms with Gasteiger partial charge in [0.2, 0.25) is 5.91 Å². The number of hydrazone groups is 1. The van der Waals surface area contributed by atoms with Crippen LogP contribution in [0, 0.1) is 12.3 Å². The minimum absolute atomic E-state index is 0.122. The van der Waals surface area contributed by atoms with E-state index in [4.69, 9.17) is 0 Å². The average molecular weight is 440 g/mol. The number of halogens is 2. The predicted octanol–water partition coefficient (Wildman–Crippen LogP) is 3.73. The Hall–Kier alpha value is -1.47. The number of aromatic amines is 1. The summed E-state index contributed by atoms with van der Waals surface area (Å²) in [6, 6.07) is 8.12. The summed E-state index contributed by atoms with van der Waals surface area (Å²) in [4.78, 5) is 12.2. The number of benzene rings is 1. The van der Waals surface area contributed by atoms with Gasteiger partial charge < -0.3 is 0 Å². The van der Waals surface area contributed by atoms with Crippen molar-refractivity contribution in [1.82, 2.24) is 15.6 Å². The molecule has 0 spiro atoms. The zero-order chi connectivity index (χ0) is 16.7. The van der Waals surface area contributed by atoms with Gasteiger partial charge in [-0.05, 0) is 20.3 Å². The first kappa shape index (κ1) is 16.4. The Kier molecular flexibility index (Phi) is 4.18. The average Bonchev–Trinajstić information content (AvgIpc) is 2.86. The summed E-state index contributed by atoms with van der Waals surface area (Å²) in [7, 11) is 0. The van der Waals surface area contributed by atoms with E-state index >= 15 is 0 Å². The van der Waals surface area contributed by atoms with Gasteiger partial charge in [0.25, 0.3) is 0 Å². The van der Waals surface area contributed by atoms with Crippen LogP contribution in [0.3, 0.4) is 0 Å². The maximum absolute atomic E-state index is 12.2. The molecule has 2 N–H and O–H groups in total. The standard InChI is InChI=1S/C16H16Br2N4O/c1-10-3-5-11(6-4-10)13-12(7-19-21-13)8-20-22-14(23)15(2)9-16(15,17)18/h3-8H,9H2,1-2H3,(H,19,21)(H,22,23)/b20-8+/t15-/m1/s1. The van der Waals surface area contributed by atoms with E-state index in [1.807, 2.05) is 38.1 Å². The Morgan fingerprint density at radius 3 is 2.65 bits per heavy atom. The van der Waals surface area contributed by atoms with Gasteiger partial charge in [0.05, 0.1) is 26.8 Å². The Morgan fingerprint density at radius 2 is 2.04 bits per heavy atom. The van der Waals surface area contributed by atoms with Crippen LogP contribution >= 0.6 is 31.9 Å². The normalized spacial score (nSPS) is 22.3. The highest BCUT2D eigenvalue weighted by Gasteiger charge is 2.66. The molecule has 1 heterocycles. The molecule has 0 bridgehead atoms. The van der Waals surface area contributed by atoms with Crippen molar-refractivity contribution in [3.63, 3.8) is 0 Å². The quantitative estimate of drug-likeness (QED) is 0.432. The summed E-state index contributed by atoms with van der Waals surface area (Å²) in [5.74, 6) is -0.122. The number of hydrogen-bond acceptors (Lipinski definition) is 3. The summed E-state index contributed by atoms with van der Waals surface area (Å²) < 4.78 is -0.324. The smallest absolute Gasteiger partial charge is 0.248 e. The van der Waals surface area contributed by atoms with Crippen molar-refractivity contribution in [3.8, 4) is 11.3 Å². The summed E-state index contributed by atoms with van der Waals surface area (Å²) in [6.45, 7) is 3.93. The van der Waals surface area contributed by atoms with Crippen molar-refractivity contribution < 1.29 is 4.79 Å². The highest BCUT2D eigenvalue weighted by atomic mass is 79.9. The number of carbonyl (C=O) groups excluding carboxylic acids is 1. The van der Waals surface area contributed by atoms with Crippen LogP contribution in [0.2, 0.25) is 0 Å². The second-order valence-electron chi connectivity index (χ2n) is 5.98. The van der Waals surface area contributed by atoms with E-state index in [-0.39, 0.29) is 9.14 Å². The molecule has 1 aromatic heterocycles. The molecule has 1 amide bonds. The lowest BCUT2D eigenvalue weighted by atomic mass is 10.1. The SMILES string of the molecule is Cc1ccc(-c2[nH]ncc2/C=N/NC(=O)[C@@]2(C)CC2(Br)Br)cc1. The van der Waals surface area contributed by atoms with Crippen molar-refractivity contribution in [2.75, 3.05) is 0 Å². The van der Waals surface area contributed by atoms with Gasteiger partial charge in [-0.15, -0.1) is 0 Å². The Bertz CT molecular complexity index is 767. The number of nitrogens with one attached hydrogen (secondary N) is 2. The Morgan fingerprint density at radius 1 is 1.39 bits per heavy atom. The number of aryl methyl sites for hydroxylation is 1. The van der Waals surface area contributed by atoms with E-state index in [0.29, 0.717) is 0 Å². The molecule has 1 aliphatic rings. The predicted molar refractivity (Wildman–Crippen MR) is 97.8 cm³/mol. The van der Waals surface area contributed by atoms with Gasteiger partial charge in [-0.3, -0.25) is 9.89 Å². The maximum Gasteiger partial charge on any atom is 0.248 e. The minimum Gasteiger partial charge on any atom is -0.277 e. The van der Waals surface area contributed by atoms with Crippen LogP contribution < -0.4 is 5.43 Å². The fraction of sp³-hybridized carbons (Fsp3) is 0.312. The molecule has 0 saturated heterocycles. The number of rotatable bonds is 4. The van der Waals surface area contributed by atoms with Crippen LogP contribution in [-0.2, 0) is 4.79 Å². The largest absolute Gasteiger partial charge is 0.277 e. The second kappa shape index (κ2) is 5.87. The van der Waals surface area contributed by atoms with Gasteiger partial charge >= 0.3 is 0 Å². The van der Waals surface area contributed by atoms with Crippen molar-refractivity contribution in [1.29, 1.82) is 0 Å². The van der Waals surface area contributed by atoms with E-state index < -0.39 is 5.41 Å². The molecule has 5 nitrogen and oxygen atoms in total. The third-order valence-electron chi connectivity index (χ3n) is 4.14. The summed E-state index contributed by atoms with van der Waals surface area (Å²) >= 11 is 6.95. The van der Waals surface area contributed by atoms with Crippen LogP contribution in [0.25, 0.3) is 11.3 Å². The number of aromatic nitrogens is 2. The molecular weight excluding hydrogens is 424 g/mol. The molecule has 23 heavy (non-hydrogen) atoms. The second-order valence-corrected chi connectivity index (χ2v) is 9.75. The first-order chi connectivity index (χ1) is 10.8. The summed E-state index contributed by atoms with van der Waals surface area (Å²) in [6.07, 6.45) is 4.01. The van der Waals surface area contributed by atoms with Crippen LogP contribution in [-0.4, -0.2) is 25.6 Å². The number of amides is 1. The fourth-order valence-electron chi connectivity index (χ4n) is 2.27. The first-order valence-corrected chi connectivity index (χ1v) is 8.74. The lowest BCUT2D eigenvalue weighted by Gasteiger charge is -2.09. The van der Waals surface area contributed by atoms with E-state index in [1.165, 1.54) is 5.56 Å². The van der Waals surface area contributed by atoms with Gasteiger partial charge in [-0.1, -0.05) is 61.7 Å². The third-order valence-corrected chi connectivity index (χ3v) is 6.45. The van der Waals surface area contributed by atoms with Crippen molar-refractivity contribution in [2.24, 2.45) is 10.5 Å². The molecule has 1 fully saturated rings. The molecule has 0 radical (unpaired) electrons. The lowest BCUT2D eigenvalue weighted by Crippen LogP contribution is -2.29.